The van der Waals surface area contributed by atoms with Gasteiger partial charge < -0.3 is 17.4 Å². The summed E-state index contributed by atoms with van der Waals surface area (Å²) < 4.78 is 11.5. The summed E-state index contributed by atoms with van der Waals surface area (Å²) in [5, 5.41) is 9.89. The van der Waals surface area contributed by atoms with Crippen LogP contribution in [-0.4, -0.2) is 73.1 Å². The first-order chi connectivity index (χ1) is 13.8. The summed E-state index contributed by atoms with van der Waals surface area (Å²) in [6.07, 6.45) is 9.70. The first kappa shape index (κ1) is 25.9. The molecule has 2 aliphatic carbocycles. The Morgan fingerprint density at radius 3 is 2.73 bits per heavy atom. The second kappa shape index (κ2) is 11.5. The van der Waals surface area contributed by atoms with E-state index in [9.17, 15) is 14.7 Å². The summed E-state index contributed by atoms with van der Waals surface area (Å²) >= 11 is 0. The van der Waals surface area contributed by atoms with Gasteiger partial charge in [0.2, 0.25) is 0 Å². The molecule has 1 aliphatic heterocycles. The van der Waals surface area contributed by atoms with Gasteiger partial charge in [-0.15, -0.1) is 0 Å². The third kappa shape index (κ3) is 6.34. The fraction of sp³-hybridized carbons (Fsp3) is 0.750. The summed E-state index contributed by atoms with van der Waals surface area (Å²) in [5.41, 5.74) is 1.27. The molecule has 0 radical (unpaired) electrons. The van der Waals surface area contributed by atoms with Gasteiger partial charge in [-0.25, -0.2) is 0 Å². The maximum Gasteiger partial charge on any atom is 2.00 e. The van der Waals surface area contributed by atoms with Crippen LogP contribution in [0.15, 0.2) is 23.8 Å². The van der Waals surface area contributed by atoms with Crippen molar-refractivity contribution in [3.63, 3.8) is 0 Å². The number of aliphatic hydroxyl groups is 1. The van der Waals surface area contributed by atoms with Crippen molar-refractivity contribution in [2.75, 3.05) is 0 Å². The van der Waals surface area contributed by atoms with Crippen LogP contribution in [0.5, 0.6) is 0 Å². The van der Waals surface area contributed by atoms with Crippen LogP contribution in [0.2, 0.25) is 0 Å². The molecule has 0 amide bonds. The molecule has 0 aromatic rings. The molecule has 3 aliphatic rings. The minimum atomic E-state index is -0.597. The maximum atomic E-state index is 12.5. The Balaban J connectivity index is 0.00000320. The van der Waals surface area contributed by atoms with Crippen molar-refractivity contribution in [2.24, 2.45) is 29.6 Å². The average Bonchev–Trinajstić information content (AvgIpc) is 2.65. The number of cyclic esters (lactones) is 1. The zero-order chi connectivity index (χ0) is 21.1. The van der Waals surface area contributed by atoms with Crippen LogP contribution in [0.1, 0.15) is 69.1 Å². The Morgan fingerprint density at radius 2 is 2.07 bits per heavy atom. The van der Waals surface area contributed by atoms with Gasteiger partial charge in [-0.05, 0) is 49.0 Å². The zero-order valence-corrected chi connectivity index (χ0v) is 21.1. The van der Waals surface area contributed by atoms with E-state index in [4.69, 9.17) is 9.47 Å². The number of fused-ring (bicyclic) bond motifs is 1. The summed E-state index contributed by atoms with van der Waals surface area (Å²) in [6.45, 7) is 8.33. The number of ether oxygens (including phenoxy) is 2. The predicted octanol–water partition coefficient (Wildman–Crippen LogP) is 4.04. The van der Waals surface area contributed by atoms with E-state index < -0.39 is 6.10 Å². The molecule has 166 valence electrons. The van der Waals surface area contributed by atoms with Crippen molar-refractivity contribution in [2.45, 2.75) is 84.5 Å². The summed E-state index contributed by atoms with van der Waals surface area (Å²) in [7, 11) is 0. The van der Waals surface area contributed by atoms with Gasteiger partial charge >= 0.3 is 49.7 Å². The molecule has 1 unspecified atom stereocenters. The standard InChI is InChI=1S/C24H36O5.Ca.2H/c1-5-15(3)24(27)29-21-11-14(2)10-17-7-6-16(4)20(23(17)21)9-8-19-12-18(25)13-22(26)28-19;;;/h6-7,10,14-16,18-21,23,25H,5,8-9,11-13H2,1-4H3;;;/q;+2;2*-1/t14-,15?,16-,18+,19+,20-,21-,23-;;;/m0.../s1. The van der Waals surface area contributed by atoms with Gasteiger partial charge in [0, 0.05) is 12.3 Å². The van der Waals surface area contributed by atoms with Gasteiger partial charge in [0.25, 0.3) is 0 Å². The second-order valence-electron chi connectivity index (χ2n) is 9.36. The SMILES string of the molecule is CCC(C)C(=O)O[C@H]1C[C@@H](C)C=C2C=C[C@H](C)[C@H](CC[C@@H]3C[C@@H](O)CC(=O)O3)[C@H]21.[Ca+2].[H-].[H-]. The van der Waals surface area contributed by atoms with Crippen molar-refractivity contribution in [1.82, 2.24) is 0 Å². The first-order valence-corrected chi connectivity index (χ1v) is 11.3. The van der Waals surface area contributed by atoms with Gasteiger partial charge in [0.1, 0.15) is 12.2 Å². The number of aliphatic hydroxyl groups excluding tert-OH is 1. The van der Waals surface area contributed by atoms with E-state index in [2.05, 4.69) is 32.1 Å². The molecule has 5 nitrogen and oxygen atoms in total. The average molecular weight is 447 g/mol. The van der Waals surface area contributed by atoms with Gasteiger partial charge in [0.15, 0.2) is 0 Å². The molecular formula is C24H38CaO5. The van der Waals surface area contributed by atoms with E-state index in [1.54, 1.807) is 0 Å². The van der Waals surface area contributed by atoms with E-state index in [0.717, 1.165) is 25.7 Å². The third-order valence-corrected chi connectivity index (χ3v) is 6.93. The van der Waals surface area contributed by atoms with Gasteiger partial charge in [-0.2, -0.15) is 0 Å². The van der Waals surface area contributed by atoms with Gasteiger partial charge in [-0.3, -0.25) is 9.59 Å². The van der Waals surface area contributed by atoms with E-state index in [-0.39, 0.29) is 83.0 Å². The molecule has 0 bridgehead atoms. The molecular weight excluding hydrogens is 408 g/mol. The minimum Gasteiger partial charge on any atom is -1.00 e. The fourth-order valence-electron chi connectivity index (χ4n) is 5.07. The Morgan fingerprint density at radius 1 is 1.33 bits per heavy atom. The third-order valence-electron chi connectivity index (χ3n) is 6.93. The number of esters is 2. The molecule has 8 atom stereocenters. The van der Waals surface area contributed by atoms with Crippen LogP contribution in [-0.2, 0) is 19.1 Å². The maximum absolute atomic E-state index is 12.5. The van der Waals surface area contributed by atoms with Crippen molar-refractivity contribution in [3.8, 4) is 0 Å². The molecule has 0 aromatic carbocycles. The summed E-state index contributed by atoms with van der Waals surface area (Å²) in [5.74, 6) is 0.755. The largest absolute Gasteiger partial charge is 2.00 e. The molecule has 1 saturated heterocycles. The summed E-state index contributed by atoms with van der Waals surface area (Å²) in [6, 6.07) is 0. The van der Waals surface area contributed by atoms with Gasteiger partial charge in [0.05, 0.1) is 18.4 Å². The number of hydrogen-bond donors (Lipinski definition) is 1. The number of carbonyl (C=O) groups is 2. The molecule has 1 fully saturated rings. The molecule has 6 heteroatoms. The number of carbonyl (C=O) groups excluding carboxylic acids is 2. The van der Waals surface area contributed by atoms with Crippen LogP contribution in [0.4, 0.5) is 0 Å². The minimum absolute atomic E-state index is 0. The Hall–Kier alpha value is -0.360. The fourth-order valence-corrected chi connectivity index (χ4v) is 5.07. The molecule has 0 saturated carbocycles. The van der Waals surface area contributed by atoms with Gasteiger partial charge in [-0.1, -0.05) is 45.9 Å². The smallest absolute Gasteiger partial charge is 1.00 e. The van der Waals surface area contributed by atoms with Crippen LogP contribution in [0, 0.1) is 29.6 Å². The number of hydrogen-bond acceptors (Lipinski definition) is 5. The van der Waals surface area contributed by atoms with Crippen LogP contribution < -0.4 is 0 Å². The normalized spacial score (nSPS) is 36.6. The van der Waals surface area contributed by atoms with E-state index in [1.165, 1.54) is 5.57 Å². The van der Waals surface area contributed by atoms with Crippen LogP contribution in [0.25, 0.3) is 0 Å². The zero-order valence-electron chi connectivity index (χ0n) is 20.9. The summed E-state index contributed by atoms with van der Waals surface area (Å²) in [4.78, 5) is 24.2. The molecule has 3 rings (SSSR count). The Bertz CT molecular complexity index is 683. The van der Waals surface area contributed by atoms with Crippen molar-refractivity contribution in [1.29, 1.82) is 0 Å². The quantitative estimate of drug-likeness (QED) is 0.492. The van der Waals surface area contributed by atoms with Crippen LogP contribution in [0.3, 0.4) is 0 Å². The van der Waals surface area contributed by atoms with E-state index in [1.807, 2.05) is 13.8 Å². The molecule has 1 N–H and O–H groups in total. The van der Waals surface area contributed by atoms with E-state index >= 15 is 0 Å². The van der Waals surface area contributed by atoms with Crippen molar-refractivity contribution < 1.29 is 27.0 Å². The first-order valence-electron chi connectivity index (χ1n) is 11.3. The topological polar surface area (TPSA) is 72.8 Å². The number of allylic oxidation sites excluding steroid dienone is 3. The van der Waals surface area contributed by atoms with Crippen molar-refractivity contribution in [3.05, 3.63) is 23.8 Å². The van der Waals surface area contributed by atoms with Crippen molar-refractivity contribution >= 4 is 49.7 Å². The molecule has 1 heterocycles. The monoisotopic (exact) mass is 446 g/mol. The van der Waals surface area contributed by atoms with E-state index in [0.29, 0.717) is 24.2 Å². The molecule has 0 spiro atoms. The Kier molecular flexibility index (Phi) is 9.92. The van der Waals surface area contributed by atoms with Crippen LogP contribution >= 0.6 is 0 Å². The molecule has 30 heavy (non-hydrogen) atoms. The Labute approximate surface area is 213 Å². The second-order valence-corrected chi connectivity index (χ2v) is 9.36. The molecule has 0 aromatic heterocycles. The predicted molar refractivity (Wildman–Crippen MR) is 119 cm³/mol. The number of rotatable bonds is 6.